The molecule has 0 aromatic heterocycles. The SMILES string of the molecule is O=C(CN1CCCN(CC(=O)NCC2(c3ccccc3)CC2)CC1)NCC1(c2ccccc2)CC1. The third-order valence-electron chi connectivity index (χ3n) is 8.14. The van der Waals surface area contributed by atoms with Crippen LogP contribution in [0.4, 0.5) is 0 Å². The van der Waals surface area contributed by atoms with Gasteiger partial charge in [-0.05, 0) is 56.3 Å². The van der Waals surface area contributed by atoms with Gasteiger partial charge in [0.2, 0.25) is 11.8 Å². The van der Waals surface area contributed by atoms with Crippen molar-refractivity contribution in [2.45, 2.75) is 42.9 Å². The first-order valence-corrected chi connectivity index (χ1v) is 13.2. The van der Waals surface area contributed by atoms with Gasteiger partial charge in [-0.2, -0.15) is 0 Å². The Labute approximate surface area is 209 Å². The molecular formula is C29H38N4O2. The Morgan fingerprint density at radius 2 is 1.03 bits per heavy atom. The molecule has 186 valence electrons. The van der Waals surface area contributed by atoms with Gasteiger partial charge in [0.1, 0.15) is 0 Å². The minimum absolute atomic E-state index is 0.106. The first-order chi connectivity index (χ1) is 17.1. The molecule has 1 aliphatic heterocycles. The molecule has 3 aliphatic rings. The lowest BCUT2D eigenvalue weighted by atomic mass is 9.96. The number of nitrogens with one attached hydrogen (secondary N) is 2. The van der Waals surface area contributed by atoms with E-state index in [1.165, 1.54) is 11.1 Å². The zero-order valence-electron chi connectivity index (χ0n) is 20.7. The molecule has 2 N–H and O–H groups in total. The number of benzene rings is 2. The first-order valence-electron chi connectivity index (χ1n) is 13.2. The highest BCUT2D eigenvalue weighted by molar-refractivity contribution is 5.78. The van der Waals surface area contributed by atoms with Crippen LogP contribution in [0.2, 0.25) is 0 Å². The number of nitrogens with zero attached hydrogens (tertiary/aromatic N) is 2. The molecule has 6 nitrogen and oxygen atoms in total. The molecule has 5 rings (SSSR count). The molecule has 0 spiro atoms. The number of hydrogen-bond donors (Lipinski definition) is 2. The highest BCUT2D eigenvalue weighted by Gasteiger charge is 2.45. The van der Waals surface area contributed by atoms with Gasteiger partial charge in [0.15, 0.2) is 0 Å². The van der Waals surface area contributed by atoms with Crippen LogP contribution in [-0.4, -0.2) is 74.0 Å². The number of carbonyl (C=O) groups is 2. The van der Waals surface area contributed by atoms with Crippen LogP contribution in [0.1, 0.15) is 43.2 Å². The molecule has 0 unspecified atom stereocenters. The largest absolute Gasteiger partial charge is 0.354 e. The summed E-state index contributed by atoms with van der Waals surface area (Å²) in [5.74, 6) is 0.211. The van der Waals surface area contributed by atoms with E-state index in [0.717, 1.165) is 71.4 Å². The third-order valence-corrected chi connectivity index (χ3v) is 8.14. The quantitative estimate of drug-likeness (QED) is 0.556. The molecule has 0 atom stereocenters. The number of amides is 2. The third kappa shape index (κ3) is 6.11. The Hall–Kier alpha value is -2.70. The maximum Gasteiger partial charge on any atom is 0.234 e. The maximum atomic E-state index is 12.7. The summed E-state index contributed by atoms with van der Waals surface area (Å²) >= 11 is 0. The van der Waals surface area contributed by atoms with E-state index in [0.29, 0.717) is 13.1 Å². The summed E-state index contributed by atoms with van der Waals surface area (Å²) in [4.78, 5) is 29.8. The molecule has 1 saturated heterocycles. The summed E-state index contributed by atoms with van der Waals surface area (Å²) in [6.45, 7) is 5.74. The highest BCUT2D eigenvalue weighted by atomic mass is 16.2. The van der Waals surface area contributed by atoms with Gasteiger partial charge in [0.25, 0.3) is 0 Å². The smallest absolute Gasteiger partial charge is 0.234 e. The van der Waals surface area contributed by atoms with Crippen molar-refractivity contribution in [1.29, 1.82) is 0 Å². The second kappa shape index (κ2) is 10.5. The van der Waals surface area contributed by atoms with E-state index in [2.05, 4.69) is 69.0 Å². The van der Waals surface area contributed by atoms with E-state index in [9.17, 15) is 9.59 Å². The Morgan fingerprint density at radius 3 is 1.40 bits per heavy atom. The maximum absolute atomic E-state index is 12.7. The summed E-state index contributed by atoms with van der Waals surface area (Å²) < 4.78 is 0. The van der Waals surface area contributed by atoms with E-state index in [4.69, 9.17) is 0 Å². The summed E-state index contributed by atoms with van der Waals surface area (Å²) in [6.07, 6.45) is 5.55. The summed E-state index contributed by atoms with van der Waals surface area (Å²) in [5, 5.41) is 6.37. The highest BCUT2D eigenvalue weighted by Crippen LogP contribution is 2.48. The Bertz CT molecular complexity index is 920. The van der Waals surface area contributed by atoms with Crippen molar-refractivity contribution >= 4 is 11.8 Å². The fourth-order valence-electron chi connectivity index (χ4n) is 5.41. The summed E-state index contributed by atoms with van der Waals surface area (Å²) in [6, 6.07) is 21.1. The van der Waals surface area contributed by atoms with Crippen molar-refractivity contribution < 1.29 is 9.59 Å². The fraction of sp³-hybridized carbons (Fsp3) is 0.517. The van der Waals surface area contributed by atoms with Crippen molar-refractivity contribution in [1.82, 2.24) is 20.4 Å². The molecule has 2 amide bonds. The second-order valence-electron chi connectivity index (χ2n) is 10.8. The molecule has 6 heteroatoms. The van der Waals surface area contributed by atoms with Crippen LogP contribution in [0.25, 0.3) is 0 Å². The van der Waals surface area contributed by atoms with E-state index in [-0.39, 0.29) is 22.6 Å². The van der Waals surface area contributed by atoms with Gasteiger partial charge >= 0.3 is 0 Å². The second-order valence-corrected chi connectivity index (χ2v) is 10.8. The molecule has 2 aromatic rings. The number of hydrogen-bond acceptors (Lipinski definition) is 4. The van der Waals surface area contributed by atoms with E-state index < -0.39 is 0 Å². The first kappa shape index (κ1) is 24.0. The minimum Gasteiger partial charge on any atom is -0.354 e. The zero-order chi connectivity index (χ0) is 24.1. The zero-order valence-corrected chi connectivity index (χ0v) is 20.7. The number of rotatable bonds is 10. The fourth-order valence-corrected chi connectivity index (χ4v) is 5.41. The lowest BCUT2D eigenvalue weighted by Gasteiger charge is -2.23. The topological polar surface area (TPSA) is 64.7 Å². The molecular weight excluding hydrogens is 436 g/mol. The monoisotopic (exact) mass is 474 g/mol. The molecule has 1 heterocycles. The minimum atomic E-state index is 0.106. The molecule has 2 saturated carbocycles. The summed E-state index contributed by atoms with van der Waals surface area (Å²) in [7, 11) is 0. The van der Waals surface area contributed by atoms with Crippen LogP contribution in [0, 0.1) is 0 Å². The van der Waals surface area contributed by atoms with Crippen molar-refractivity contribution in [3.05, 3.63) is 71.8 Å². The lowest BCUT2D eigenvalue weighted by Crippen LogP contribution is -2.43. The van der Waals surface area contributed by atoms with Gasteiger partial charge in [-0.3, -0.25) is 19.4 Å². The van der Waals surface area contributed by atoms with E-state index >= 15 is 0 Å². The van der Waals surface area contributed by atoms with E-state index in [1.807, 2.05) is 12.1 Å². The van der Waals surface area contributed by atoms with Crippen LogP contribution in [-0.2, 0) is 20.4 Å². The van der Waals surface area contributed by atoms with Crippen molar-refractivity contribution in [2.75, 3.05) is 52.4 Å². The Kier molecular flexibility index (Phi) is 7.21. The average molecular weight is 475 g/mol. The molecule has 3 fully saturated rings. The van der Waals surface area contributed by atoms with Crippen LogP contribution in [0.3, 0.4) is 0 Å². The van der Waals surface area contributed by atoms with Gasteiger partial charge in [0.05, 0.1) is 13.1 Å². The Balaban J connectivity index is 1.02. The van der Waals surface area contributed by atoms with Gasteiger partial charge in [0, 0.05) is 37.0 Å². The molecule has 0 bridgehead atoms. The van der Waals surface area contributed by atoms with Crippen LogP contribution >= 0.6 is 0 Å². The lowest BCUT2D eigenvalue weighted by molar-refractivity contribution is -0.123. The molecule has 2 aromatic carbocycles. The van der Waals surface area contributed by atoms with Crippen molar-refractivity contribution in [3.63, 3.8) is 0 Å². The van der Waals surface area contributed by atoms with Gasteiger partial charge < -0.3 is 10.6 Å². The molecule has 2 aliphatic carbocycles. The van der Waals surface area contributed by atoms with Gasteiger partial charge in [-0.15, -0.1) is 0 Å². The average Bonchev–Trinajstić information content (AvgIpc) is 3.80. The van der Waals surface area contributed by atoms with Crippen LogP contribution in [0.15, 0.2) is 60.7 Å². The van der Waals surface area contributed by atoms with Crippen LogP contribution in [0.5, 0.6) is 0 Å². The normalized spacial score (nSPS) is 21.0. The predicted molar refractivity (Wildman–Crippen MR) is 138 cm³/mol. The van der Waals surface area contributed by atoms with Crippen molar-refractivity contribution in [2.24, 2.45) is 0 Å². The predicted octanol–water partition coefficient (Wildman–Crippen LogP) is 2.69. The van der Waals surface area contributed by atoms with Crippen molar-refractivity contribution in [3.8, 4) is 0 Å². The molecule has 35 heavy (non-hydrogen) atoms. The van der Waals surface area contributed by atoms with Gasteiger partial charge in [-0.1, -0.05) is 60.7 Å². The standard InChI is InChI=1S/C29H38N4O2/c34-26(30-22-28(12-13-28)24-8-3-1-4-9-24)20-32-16-7-17-33(19-18-32)21-27(35)31-23-29(14-15-29)25-10-5-2-6-11-25/h1-6,8-11H,7,12-23H2,(H,30,34)(H,31,35). The van der Waals surface area contributed by atoms with E-state index in [1.54, 1.807) is 0 Å². The van der Waals surface area contributed by atoms with Gasteiger partial charge in [-0.25, -0.2) is 0 Å². The summed E-state index contributed by atoms with van der Waals surface area (Å²) in [5.41, 5.74) is 2.94. The molecule has 0 radical (unpaired) electrons. The number of carbonyl (C=O) groups excluding carboxylic acids is 2. The van der Waals surface area contributed by atoms with Crippen LogP contribution < -0.4 is 10.6 Å². The Morgan fingerprint density at radius 1 is 0.629 bits per heavy atom.